The Kier molecular flexibility index (Phi) is 3.99. The summed E-state index contributed by atoms with van der Waals surface area (Å²) in [5, 5.41) is 6.21. The summed E-state index contributed by atoms with van der Waals surface area (Å²) < 4.78 is 18.8. The molecule has 1 aromatic heterocycles. The molecule has 0 bridgehead atoms. The topological polar surface area (TPSA) is 80.3 Å². The number of anilines is 2. The van der Waals surface area contributed by atoms with Crippen LogP contribution < -0.4 is 15.4 Å². The Morgan fingerprint density at radius 1 is 1.22 bits per heavy atom. The molecule has 2 heterocycles. The monoisotopic (exact) mass is 365 g/mol. The Balaban J connectivity index is 1.62. The van der Waals surface area contributed by atoms with E-state index in [1.54, 1.807) is 44.2 Å². The van der Waals surface area contributed by atoms with Crippen LogP contribution in [-0.4, -0.2) is 22.9 Å². The molecule has 7 heteroatoms. The summed E-state index contributed by atoms with van der Waals surface area (Å²) in [4.78, 5) is 28.7. The van der Waals surface area contributed by atoms with E-state index in [2.05, 4.69) is 15.6 Å². The first-order chi connectivity index (χ1) is 12.9. The smallest absolute Gasteiger partial charge is 0.265 e. The number of aryl methyl sites for hydroxylation is 1. The molecule has 2 amide bonds. The zero-order valence-electron chi connectivity index (χ0n) is 14.7. The first-order valence-electron chi connectivity index (χ1n) is 8.40. The fourth-order valence-electron chi connectivity index (χ4n) is 2.95. The highest BCUT2D eigenvalue weighted by atomic mass is 19.1. The van der Waals surface area contributed by atoms with Crippen LogP contribution in [0.4, 0.5) is 15.8 Å². The van der Waals surface area contributed by atoms with Crippen LogP contribution in [0.1, 0.15) is 23.0 Å². The molecule has 3 aromatic rings. The molecular weight excluding hydrogens is 349 g/mol. The molecule has 0 saturated heterocycles. The highest BCUT2D eigenvalue weighted by molar-refractivity contribution is 6.07. The number of carbonyl (C=O) groups is 2. The van der Waals surface area contributed by atoms with Crippen LogP contribution in [0.25, 0.3) is 10.9 Å². The first-order valence-corrected chi connectivity index (χ1v) is 8.40. The van der Waals surface area contributed by atoms with E-state index in [4.69, 9.17) is 4.74 Å². The number of pyridine rings is 1. The normalized spacial score (nSPS) is 15.7. The third-order valence-corrected chi connectivity index (χ3v) is 4.38. The number of hydrogen-bond donors (Lipinski definition) is 2. The van der Waals surface area contributed by atoms with Gasteiger partial charge in [-0.15, -0.1) is 0 Å². The lowest BCUT2D eigenvalue weighted by molar-refractivity contribution is -0.122. The molecular formula is C20H16FN3O3. The maximum Gasteiger partial charge on any atom is 0.265 e. The second-order valence-corrected chi connectivity index (χ2v) is 6.37. The summed E-state index contributed by atoms with van der Waals surface area (Å²) in [6, 6.07) is 10.9. The van der Waals surface area contributed by atoms with Gasteiger partial charge in [-0.3, -0.25) is 14.6 Å². The second-order valence-electron chi connectivity index (χ2n) is 6.37. The number of fused-ring (bicyclic) bond motifs is 2. The van der Waals surface area contributed by atoms with Gasteiger partial charge in [-0.1, -0.05) is 0 Å². The maximum absolute atomic E-state index is 13.3. The number of amides is 2. The molecule has 0 saturated carbocycles. The standard InChI is InChI=1S/C20H16FN3O3/c1-10-15(7-12-3-4-13(21)8-16(12)22-10)20(26)23-14-5-6-18-17(9-14)24-19(25)11(2)27-18/h3-9,11H,1-2H3,(H,23,26)(H,24,25)/t11-/m0/s1. The fourth-order valence-corrected chi connectivity index (χ4v) is 2.95. The van der Waals surface area contributed by atoms with Crippen molar-refractivity contribution in [3.63, 3.8) is 0 Å². The van der Waals surface area contributed by atoms with E-state index < -0.39 is 6.10 Å². The van der Waals surface area contributed by atoms with Crippen molar-refractivity contribution < 1.29 is 18.7 Å². The average molecular weight is 365 g/mol. The summed E-state index contributed by atoms with van der Waals surface area (Å²) >= 11 is 0. The van der Waals surface area contributed by atoms with Gasteiger partial charge >= 0.3 is 0 Å². The van der Waals surface area contributed by atoms with Crippen molar-refractivity contribution >= 4 is 34.1 Å². The summed E-state index contributed by atoms with van der Waals surface area (Å²) in [5.74, 6) is -0.416. The molecule has 1 atom stereocenters. The van der Waals surface area contributed by atoms with E-state index in [0.29, 0.717) is 39.3 Å². The molecule has 1 aliphatic rings. The second kappa shape index (κ2) is 6.35. The Bertz CT molecular complexity index is 1100. The Morgan fingerprint density at radius 2 is 2.04 bits per heavy atom. The summed E-state index contributed by atoms with van der Waals surface area (Å²) in [7, 11) is 0. The summed E-state index contributed by atoms with van der Waals surface area (Å²) in [6.45, 7) is 3.36. The number of nitrogens with zero attached hydrogens (tertiary/aromatic N) is 1. The van der Waals surface area contributed by atoms with Crippen molar-refractivity contribution in [3.05, 3.63) is 59.5 Å². The first kappa shape index (κ1) is 17.0. The SMILES string of the molecule is Cc1nc2cc(F)ccc2cc1C(=O)Nc1ccc2c(c1)NC(=O)[C@H](C)O2. The van der Waals surface area contributed by atoms with Crippen LogP contribution in [0.15, 0.2) is 42.5 Å². The van der Waals surface area contributed by atoms with Gasteiger partial charge in [-0.05, 0) is 50.2 Å². The van der Waals surface area contributed by atoms with Crippen LogP contribution in [-0.2, 0) is 4.79 Å². The number of benzene rings is 2. The van der Waals surface area contributed by atoms with E-state index >= 15 is 0 Å². The Morgan fingerprint density at radius 3 is 2.85 bits per heavy atom. The van der Waals surface area contributed by atoms with Crippen molar-refractivity contribution in [2.24, 2.45) is 0 Å². The minimum atomic E-state index is -0.561. The molecule has 2 N–H and O–H groups in total. The Hall–Kier alpha value is -3.48. The van der Waals surface area contributed by atoms with Gasteiger partial charge in [0.2, 0.25) is 0 Å². The van der Waals surface area contributed by atoms with Gasteiger partial charge in [0, 0.05) is 17.1 Å². The lowest BCUT2D eigenvalue weighted by atomic mass is 10.1. The molecule has 0 spiro atoms. The molecule has 4 rings (SSSR count). The Labute approximate surface area is 154 Å². The summed E-state index contributed by atoms with van der Waals surface area (Å²) in [5.41, 5.74) is 2.39. The molecule has 1 aliphatic heterocycles. The van der Waals surface area contributed by atoms with Gasteiger partial charge in [0.1, 0.15) is 11.6 Å². The molecule has 0 unspecified atom stereocenters. The van der Waals surface area contributed by atoms with Gasteiger partial charge in [0.25, 0.3) is 11.8 Å². The highest BCUT2D eigenvalue weighted by Crippen LogP contribution is 2.32. The van der Waals surface area contributed by atoms with E-state index in [-0.39, 0.29) is 17.6 Å². The van der Waals surface area contributed by atoms with Crippen molar-refractivity contribution in [3.8, 4) is 5.75 Å². The number of rotatable bonds is 2. The third kappa shape index (κ3) is 3.19. The number of aromatic nitrogens is 1. The van der Waals surface area contributed by atoms with Crippen LogP contribution in [0.2, 0.25) is 0 Å². The van der Waals surface area contributed by atoms with Crippen LogP contribution in [0.3, 0.4) is 0 Å². The molecule has 27 heavy (non-hydrogen) atoms. The van der Waals surface area contributed by atoms with E-state index in [0.717, 1.165) is 0 Å². The van der Waals surface area contributed by atoms with E-state index in [1.165, 1.54) is 12.1 Å². The van der Waals surface area contributed by atoms with E-state index in [9.17, 15) is 14.0 Å². The van der Waals surface area contributed by atoms with Gasteiger partial charge in [0.15, 0.2) is 6.10 Å². The molecule has 2 aromatic carbocycles. The minimum Gasteiger partial charge on any atom is -0.479 e. The van der Waals surface area contributed by atoms with Crippen LogP contribution in [0.5, 0.6) is 5.75 Å². The van der Waals surface area contributed by atoms with Crippen molar-refractivity contribution in [1.29, 1.82) is 0 Å². The predicted molar refractivity (Wildman–Crippen MR) is 99.6 cm³/mol. The fraction of sp³-hybridized carbons (Fsp3) is 0.150. The molecule has 0 fully saturated rings. The van der Waals surface area contributed by atoms with E-state index in [1.807, 2.05) is 0 Å². The van der Waals surface area contributed by atoms with Crippen molar-refractivity contribution in [2.45, 2.75) is 20.0 Å². The minimum absolute atomic E-state index is 0.243. The lowest BCUT2D eigenvalue weighted by Gasteiger charge is -2.23. The molecule has 0 radical (unpaired) electrons. The van der Waals surface area contributed by atoms with Gasteiger partial charge in [-0.2, -0.15) is 0 Å². The number of hydrogen-bond acceptors (Lipinski definition) is 4. The highest BCUT2D eigenvalue weighted by Gasteiger charge is 2.24. The van der Waals surface area contributed by atoms with Crippen LogP contribution >= 0.6 is 0 Å². The van der Waals surface area contributed by atoms with Gasteiger partial charge in [0.05, 0.1) is 22.5 Å². The zero-order valence-corrected chi connectivity index (χ0v) is 14.7. The number of nitrogens with one attached hydrogen (secondary N) is 2. The lowest BCUT2D eigenvalue weighted by Crippen LogP contribution is -2.34. The number of halogens is 1. The predicted octanol–water partition coefficient (Wildman–Crippen LogP) is 3.65. The largest absolute Gasteiger partial charge is 0.479 e. The molecule has 0 aliphatic carbocycles. The quantitative estimate of drug-likeness (QED) is 0.726. The third-order valence-electron chi connectivity index (χ3n) is 4.38. The maximum atomic E-state index is 13.3. The molecule has 136 valence electrons. The van der Waals surface area contributed by atoms with Crippen LogP contribution in [0, 0.1) is 12.7 Å². The van der Waals surface area contributed by atoms with Gasteiger partial charge < -0.3 is 15.4 Å². The number of ether oxygens (including phenoxy) is 1. The molecule has 6 nitrogen and oxygen atoms in total. The van der Waals surface area contributed by atoms with Crippen molar-refractivity contribution in [2.75, 3.05) is 10.6 Å². The number of carbonyl (C=O) groups excluding carboxylic acids is 2. The zero-order chi connectivity index (χ0) is 19.1. The average Bonchev–Trinajstić information content (AvgIpc) is 2.62. The van der Waals surface area contributed by atoms with Crippen molar-refractivity contribution in [1.82, 2.24) is 4.98 Å². The summed E-state index contributed by atoms with van der Waals surface area (Å²) in [6.07, 6.45) is -0.561. The van der Waals surface area contributed by atoms with Gasteiger partial charge in [-0.25, -0.2) is 4.39 Å².